The van der Waals surface area contributed by atoms with Crippen LogP contribution in [0.15, 0.2) is 79.0 Å². The molecule has 6 heteroatoms. The molecule has 0 aliphatic rings. The fourth-order valence-corrected chi connectivity index (χ4v) is 3.48. The molecule has 0 aliphatic heterocycles. The van der Waals surface area contributed by atoms with Crippen LogP contribution in [-0.4, -0.2) is 20.3 Å². The summed E-state index contributed by atoms with van der Waals surface area (Å²) >= 11 is 6.18. The van der Waals surface area contributed by atoms with Crippen molar-refractivity contribution in [3.63, 3.8) is 0 Å². The number of rotatable bonds is 5. The Kier molecular flexibility index (Phi) is 5.23. The second kappa shape index (κ2) is 7.97. The molecule has 0 spiro atoms. The van der Waals surface area contributed by atoms with Crippen molar-refractivity contribution >= 4 is 17.5 Å². The van der Waals surface area contributed by atoms with E-state index in [1.807, 2.05) is 85.4 Å². The molecule has 1 N–H and O–H groups in total. The third kappa shape index (κ3) is 3.96. The summed E-state index contributed by atoms with van der Waals surface area (Å²) in [6.07, 6.45) is 1.95. The first-order valence-corrected chi connectivity index (χ1v) is 9.74. The summed E-state index contributed by atoms with van der Waals surface area (Å²) < 4.78 is 3.61. The first-order valence-electron chi connectivity index (χ1n) is 9.36. The molecule has 2 aromatic heterocycles. The number of benzene rings is 2. The number of nitrogens with zero attached hydrogens (tertiary/aromatic N) is 3. The highest BCUT2D eigenvalue weighted by atomic mass is 35.5. The Morgan fingerprint density at radius 3 is 2.52 bits per heavy atom. The molecule has 0 bridgehead atoms. The highest BCUT2D eigenvalue weighted by molar-refractivity contribution is 6.30. The Bertz CT molecular complexity index is 1150. The molecule has 0 saturated carbocycles. The van der Waals surface area contributed by atoms with Crippen molar-refractivity contribution in [2.45, 2.75) is 13.0 Å². The van der Waals surface area contributed by atoms with Crippen LogP contribution >= 0.6 is 11.6 Å². The quantitative estimate of drug-likeness (QED) is 0.507. The van der Waals surface area contributed by atoms with Gasteiger partial charge in [-0.3, -0.25) is 4.79 Å². The Balaban J connectivity index is 1.73. The number of aromatic nitrogens is 3. The van der Waals surface area contributed by atoms with E-state index in [2.05, 4.69) is 5.32 Å². The zero-order chi connectivity index (χ0) is 20.4. The average molecular weight is 405 g/mol. The highest BCUT2D eigenvalue weighted by Crippen LogP contribution is 2.24. The van der Waals surface area contributed by atoms with Crippen molar-refractivity contribution in [3.05, 3.63) is 95.3 Å². The normalized spacial score (nSPS) is 12.0. The third-order valence-corrected chi connectivity index (χ3v) is 5.08. The van der Waals surface area contributed by atoms with Gasteiger partial charge in [0.2, 0.25) is 0 Å². The summed E-state index contributed by atoms with van der Waals surface area (Å²) in [6, 6.07) is 22.8. The molecule has 2 heterocycles. The van der Waals surface area contributed by atoms with Gasteiger partial charge in [-0.2, -0.15) is 5.10 Å². The van der Waals surface area contributed by atoms with Crippen molar-refractivity contribution in [1.82, 2.24) is 19.7 Å². The van der Waals surface area contributed by atoms with E-state index < -0.39 is 0 Å². The van der Waals surface area contributed by atoms with Crippen LogP contribution in [0.4, 0.5) is 0 Å². The smallest absolute Gasteiger partial charge is 0.270 e. The number of carbonyl (C=O) groups excluding carboxylic acids is 1. The number of hydrogen-bond donors (Lipinski definition) is 1. The summed E-state index contributed by atoms with van der Waals surface area (Å²) in [6.45, 7) is 1.96. The molecule has 4 aromatic rings. The molecular weight excluding hydrogens is 384 g/mol. The Labute approximate surface area is 174 Å². The van der Waals surface area contributed by atoms with Crippen LogP contribution in [0.2, 0.25) is 5.02 Å². The molecule has 4 rings (SSSR count). The van der Waals surface area contributed by atoms with E-state index in [-0.39, 0.29) is 11.9 Å². The van der Waals surface area contributed by atoms with Crippen molar-refractivity contribution in [2.75, 3.05) is 0 Å². The molecule has 0 fully saturated rings. The second-order valence-electron chi connectivity index (χ2n) is 6.92. The summed E-state index contributed by atoms with van der Waals surface area (Å²) in [7, 11) is 1.95. The minimum atomic E-state index is -0.200. The first-order chi connectivity index (χ1) is 14.0. The lowest BCUT2D eigenvalue weighted by Gasteiger charge is -2.15. The van der Waals surface area contributed by atoms with Gasteiger partial charge >= 0.3 is 0 Å². The van der Waals surface area contributed by atoms with Gasteiger partial charge in [0.15, 0.2) is 0 Å². The lowest BCUT2D eigenvalue weighted by Crippen LogP contribution is -2.28. The van der Waals surface area contributed by atoms with Crippen molar-refractivity contribution in [3.8, 4) is 17.1 Å². The van der Waals surface area contributed by atoms with Crippen molar-refractivity contribution in [1.29, 1.82) is 0 Å². The molecule has 1 atom stereocenters. The number of carbonyl (C=O) groups is 1. The van der Waals surface area contributed by atoms with Crippen LogP contribution in [-0.2, 0) is 7.05 Å². The average Bonchev–Trinajstić information content (AvgIpc) is 3.35. The van der Waals surface area contributed by atoms with Gasteiger partial charge in [-0.25, -0.2) is 4.68 Å². The summed E-state index contributed by atoms with van der Waals surface area (Å²) in [5, 5.41) is 8.36. The van der Waals surface area contributed by atoms with Gasteiger partial charge in [-0.1, -0.05) is 48.0 Å². The van der Waals surface area contributed by atoms with Crippen LogP contribution in [0, 0.1) is 0 Å². The van der Waals surface area contributed by atoms with Gasteiger partial charge < -0.3 is 9.88 Å². The lowest BCUT2D eigenvalue weighted by molar-refractivity contribution is 0.0932. The van der Waals surface area contributed by atoms with Gasteiger partial charge in [-0.15, -0.1) is 0 Å². The summed E-state index contributed by atoms with van der Waals surface area (Å²) in [5.41, 5.74) is 3.87. The summed E-state index contributed by atoms with van der Waals surface area (Å²) in [5.74, 6) is -0.200. The maximum absolute atomic E-state index is 13.2. The van der Waals surface area contributed by atoms with Gasteiger partial charge in [0.05, 0.1) is 17.4 Å². The monoisotopic (exact) mass is 404 g/mol. The van der Waals surface area contributed by atoms with Crippen molar-refractivity contribution < 1.29 is 4.79 Å². The summed E-state index contributed by atoms with van der Waals surface area (Å²) in [4.78, 5) is 13.2. The molecule has 0 saturated heterocycles. The molecule has 5 nitrogen and oxygen atoms in total. The predicted molar refractivity (Wildman–Crippen MR) is 115 cm³/mol. The number of amides is 1. The minimum Gasteiger partial charge on any atom is -0.349 e. The number of aryl methyl sites for hydroxylation is 1. The Morgan fingerprint density at radius 1 is 1.03 bits per heavy atom. The highest BCUT2D eigenvalue weighted by Gasteiger charge is 2.20. The molecular formula is C23H21ClN4O. The Hall–Kier alpha value is -3.31. The van der Waals surface area contributed by atoms with Crippen LogP contribution in [0.3, 0.4) is 0 Å². The molecule has 0 unspecified atom stereocenters. The Morgan fingerprint density at radius 2 is 1.83 bits per heavy atom. The third-order valence-electron chi connectivity index (χ3n) is 4.85. The molecule has 1 amide bonds. The molecule has 29 heavy (non-hydrogen) atoms. The van der Waals surface area contributed by atoms with Crippen LogP contribution < -0.4 is 5.32 Å². The minimum absolute atomic E-state index is 0.134. The van der Waals surface area contributed by atoms with E-state index in [1.165, 1.54) is 0 Å². The van der Waals surface area contributed by atoms with E-state index in [0.717, 1.165) is 22.6 Å². The second-order valence-corrected chi connectivity index (χ2v) is 7.35. The van der Waals surface area contributed by atoms with Gasteiger partial charge in [0.25, 0.3) is 5.91 Å². The maximum atomic E-state index is 13.2. The standard InChI is InChI=1S/C23H21ClN4O/c1-16(17-8-4-3-5-9-17)25-23(29)22-15-20(21-12-7-13-27(21)2)26-28(22)19-11-6-10-18(24)14-19/h3-16H,1-2H3,(H,25,29)/t16-/m1/s1. The molecule has 0 radical (unpaired) electrons. The van der Waals surface area contributed by atoms with Gasteiger partial charge in [-0.05, 0) is 48.9 Å². The van der Waals surface area contributed by atoms with E-state index in [1.54, 1.807) is 16.8 Å². The van der Waals surface area contributed by atoms with Gasteiger partial charge in [0.1, 0.15) is 11.4 Å². The van der Waals surface area contributed by atoms with Crippen molar-refractivity contribution in [2.24, 2.45) is 7.05 Å². The number of hydrogen-bond acceptors (Lipinski definition) is 2. The molecule has 0 aliphatic carbocycles. The number of nitrogens with one attached hydrogen (secondary N) is 1. The topological polar surface area (TPSA) is 51.9 Å². The first kappa shape index (κ1) is 19.0. The lowest BCUT2D eigenvalue weighted by atomic mass is 10.1. The fourth-order valence-electron chi connectivity index (χ4n) is 3.30. The molecule has 146 valence electrons. The van der Waals surface area contributed by atoms with E-state index >= 15 is 0 Å². The molecule has 2 aromatic carbocycles. The van der Waals surface area contributed by atoms with Crippen LogP contribution in [0.5, 0.6) is 0 Å². The SMILES string of the molecule is C[C@@H](NC(=O)c1cc(-c2cccn2C)nn1-c1cccc(Cl)c1)c1ccccc1. The zero-order valence-corrected chi connectivity index (χ0v) is 17.0. The predicted octanol–water partition coefficient (Wildman–Crippen LogP) is 5.02. The maximum Gasteiger partial charge on any atom is 0.270 e. The number of halogens is 1. The zero-order valence-electron chi connectivity index (χ0n) is 16.2. The van der Waals surface area contributed by atoms with E-state index in [4.69, 9.17) is 16.7 Å². The van der Waals surface area contributed by atoms with E-state index in [9.17, 15) is 4.79 Å². The van der Waals surface area contributed by atoms with Gasteiger partial charge in [0, 0.05) is 18.3 Å². The van der Waals surface area contributed by atoms with Crippen LogP contribution in [0.25, 0.3) is 17.1 Å². The fraction of sp³-hybridized carbons (Fsp3) is 0.130. The van der Waals surface area contributed by atoms with Crippen LogP contribution in [0.1, 0.15) is 29.0 Å². The van der Waals surface area contributed by atoms with E-state index in [0.29, 0.717) is 10.7 Å². The largest absolute Gasteiger partial charge is 0.349 e.